The fraction of sp³-hybridized carbons (Fsp3) is 0.0588. The lowest BCUT2D eigenvalue weighted by atomic mass is 10.1. The lowest BCUT2D eigenvalue weighted by Crippen LogP contribution is -2.07. The van der Waals surface area contributed by atoms with Crippen LogP contribution >= 0.6 is 11.6 Å². The first-order valence-corrected chi connectivity index (χ1v) is 7.18. The average Bonchev–Trinajstić information content (AvgIpc) is 2.96. The van der Waals surface area contributed by atoms with Crippen molar-refractivity contribution in [3.05, 3.63) is 64.8 Å². The molecule has 0 fully saturated rings. The number of hydrogen-bond acceptors (Lipinski definition) is 2. The minimum atomic E-state index is -0.199. The van der Waals surface area contributed by atoms with E-state index in [1.165, 1.54) is 6.08 Å². The summed E-state index contributed by atoms with van der Waals surface area (Å²) in [6.07, 6.45) is 4.95. The molecule has 2 N–H and O–H groups in total. The molecule has 0 aliphatic carbocycles. The number of anilines is 1. The van der Waals surface area contributed by atoms with Gasteiger partial charge in [-0.2, -0.15) is 5.10 Å². The molecule has 1 amide bonds. The molecule has 1 heterocycles. The number of aromatic amines is 1. The second kappa shape index (κ2) is 6.03. The fourth-order valence-electron chi connectivity index (χ4n) is 2.08. The molecule has 1 aromatic heterocycles. The number of benzene rings is 2. The van der Waals surface area contributed by atoms with Crippen molar-refractivity contribution < 1.29 is 4.79 Å². The molecule has 22 heavy (non-hydrogen) atoms. The first-order chi connectivity index (χ1) is 10.6. The highest BCUT2D eigenvalue weighted by atomic mass is 35.5. The Balaban J connectivity index is 1.71. The zero-order valence-electron chi connectivity index (χ0n) is 11.9. The van der Waals surface area contributed by atoms with Crippen LogP contribution in [0.25, 0.3) is 17.0 Å². The Kier molecular flexibility index (Phi) is 3.94. The van der Waals surface area contributed by atoms with Crippen molar-refractivity contribution in [1.29, 1.82) is 0 Å². The smallest absolute Gasteiger partial charge is 0.248 e. The summed E-state index contributed by atoms with van der Waals surface area (Å²) in [5.41, 5.74) is 3.49. The quantitative estimate of drug-likeness (QED) is 0.713. The number of fused-ring (bicyclic) bond motifs is 1. The SMILES string of the molecule is Cc1ccc(/C=C/C(=O)Nc2ccc3cn[nH]c3c2)cc1Cl. The molecular weight excluding hydrogens is 298 g/mol. The number of nitrogens with zero attached hydrogens (tertiary/aromatic N) is 1. The largest absolute Gasteiger partial charge is 0.322 e. The summed E-state index contributed by atoms with van der Waals surface area (Å²) in [6, 6.07) is 11.3. The van der Waals surface area contributed by atoms with Crippen molar-refractivity contribution in [2.24, 2.45) is 0 Å². The Hall–Kier alpha value is -2.59. The number of hydrogen-bond donors (Lipinski definition) is 2. The van der Waals surface area contributed by atoms with Crippen LogP contribution in [0.15, 0.2) is 48.7 Å². The standard InChI is InChI=1S/C17H14ClN3O/c1-11-2-3-12(8-15(11)18)4-7-17(22)20-14-6-5-13-10-19-21-16(13)9-14/h2-10H,1H3,(H,19,21)(H,20,22)/b7-4+. The van der Waals surface area contributed by atoms with Crippen molar-refractivity contribution in [3.63, 3.8) is 0 Å². The summed E-state index contributed by atoms with van der Waals surface area (Å²) >= 11 is 6.06. The van der Waals surface area contributed by atoms with E-state index in [1.54, 1.807) is 12.3 Å². The molecule has 0 saturated carbocycles. The summed E-state index contributed by atoms with van der Waals surface area (Å²) in [5, 5.41) is 11.3. The Morgan fingerprint density at radius 2 is 2.14 bits per heavy atom. The molecule has 0 bridgehead atoms. The Morgan fingerprint density at radius 3 is 2.95 bits per heavy atom. The van der Waals surface area contributed by atoms with Gasteiger partial charge in [-0.1, -0.05) is 23.7 Å². The number of carbonyl (C=O) groups excluding carboxylic acids is 1. The second-order valence-corrected chi connectivity index (χ2v) is 5.41. The maximum Gasteiger partial charge on any atom is 0.248 e. The normalized spacial score (nSPS) is 11.2. The monoisotopic (exact) mass is 311 g/mol. The van der Waals surface area contributed by atoms with E-state index in [4.69, 9.17) is 11.6 Å². The third kappa shape index (κ3) is 3.18. The van der Waals surface area contributed by atoms with Gasteiger partial charge < -0.3 is 5.32 Å². The van der Waals surface area contributed by atoms with Crippen LogP contribution in [-0.2, 0) is 4.79 Å². The minimum Gasteiger partial charge on any atom is -0.322 e. The number of nitrogens with one attached hydrogen (secondary N) is 2. The van der Waals surface area contributed by atoms with Gasteiger partial charge in [0.2, 0.25) is 5.91 Å². The van der Waals surface area contributed by atoms with Crippen molar-refractivity contribution in [3.8, 4) is 0 Å². The van der Waals surface area contributed by atoms with Gasteiger partial charge in [0, 0.05) is 22.2 Å². The van der Waals surface area contributed by atoms with Gasteiger partial charge in [0.15, 0.2) is 0 Å². The minimum absolute atomic E-state index is 0.199. The van der Waals surface area contributed by atoms with Crippen molar-refractivity contribution >= 4 is 40.2 Å². The molecule has 2 aromatic carbocycles. The molecule has 110 valence electrons. The van der Waals surface area contributed by atoms with E-state index >= 15 is 0 Å². The van der Waals surface area contributed by atoms with Crippen LogP contribution in [0.5, 0.6) is 0 Å². The van der Waals surface area contributed by atoms with Gasteiger partial charge in [0.05, 0.1) is 11.7 Å². The predicted octanol–water partition coefficient (Wildman–Crippen LogP) is 4.18. The van der Waals surface area contributed by atoms with E-state index in [-0.39, 0.29) is 5.91 Å². The average molecular weight is 312 g/mol. The van der Waals surface area contributed by atoms with Crippen LogP contribution < -0.4 is 5.32 Å². The zero-order valence-corrected chi connectivity index (χ0v) is 12.7. The third-order valence-corrected chi connectivity index (χ3v) is 3.74. The number of amides is 1. The maximum absolute atomic E-state index is 12.0. The number of halogens is 1. The van der Waals surface area contributed by atoms with Gasteiger partial charge in [-0.3, -0.25) is 9.89 Å². The van der Waals surface area contributed by atoms with E-state index in [0.717, 1.165) is 22.0 Å². The molecule has 0 aliphatic heterocycles. The molecule has 0 radical (unpaired) electrons. The molecule has 0 atom stereocenters. The lowest BCUT2D eigenvalue weighted by Gasteiger charge is -2.02. The van der Waals surface area contributed by atoms with Gasteiger partial charge in [0.1, 0.15) is 0 Å². The van der Waals surface area contributed by atoms with Gasteiger partial charge in [-0.05, 0) is 48.4 Å². The number of rotatable bonds is 3. The predicted molar refractivity (Wildman–Crippen MR) is 89.9 cm³/mol. The zero-order chi connectivity index (χ0) is 15.5. The molecule has 0 aliphatic rings. The molecule has 0 unspecified atom stereocenters. The van der Waals surface area contributed by atoms with Gasteiger partial charge in [-0.15, -0.1) is 0 Å². The number of aryl methyl sites for hydroxylation is 1. The van der Waals surface area contributed by atoms with Gasteiger partial charge in [-0.25, -0.2) is 0 Å². The maximum atomic E-state index is 12.0. The van der Waals surface area contributed by atoms with Gasteiger partial charge in [0.25, 0.3) is 0 Å². The third-order valence-electron chi connectivity index (χ3n) is 3.33. The Morgan fingerprint density at radius 1 is 1.27 bits per heavy atom. The van der Waals surface area contributed by atoms with Crippen LogP contribution in [0, 0.1) is 6.92 Å². The van der Waals surface area contributed by atoms with Crippen molar-refractivity contribution in [1.82, 2.24) is 10.2 Å². The number of aromatic nitrogens is 2. The summed E-state index contributed by atoms with van der Waals surface area (Å²) in [6.45, 7) is 1.94. The number of H-pyrrole nitrogens is 1. The van der Waals surface area contributed by atoms with Crippen LogP contribution in [-0.4, -0.2) is 16.1 Å². The topological polar surface area (TPSA) is 57.8 Å². The lowest BCUT2D eigenvalue weighted by molar-refractivity contribution is -0.111. The fourth-order valence-corrected chi connectivity index (χ4v) is 2.27. The van der Waals surface area contributed by atoms with Crippen LogP contribution in [0.2, 0.25) is 5.02 Å². The first kappa shape index (κ1) is 14.4. The Labute approximate surface area is 132 Å². The second-order valence-electron chi connectivity index (χ2n) is 5.00. The van der Waals surface area contributed by atoms with Crippen LogP contribution in [0.1, 0.15) is 11.1 Å². The van der Waals surface area contributed by atoms with Gasteiger partial charge >= 0.3 is 0 Å². The first-order valence-electron chi connectivity index (χ1n) is 6.80. The summed E-state index contributed by atoms with van der Waals surface area (Å²) in [7, 11) is 0. The molecule has 3 rings (SSSR count). The van der Waals surface area contributed by atoms with E-state index in [0.29, 0.717) is 10.7 Å². The molecule has 3 aromatic rings. The van der Waals surface area contributed by atoms with Crippen LogP contribution in [0.4, 0.5) is 5.69 Å². The summed E-state index contributed by atoms with van der Waals surface area (Å²) in [5.74, 6) is -0.199. The summed E-state index contributed by atoms with van der Waals surface area (Å²) in [4.78, 5) is 12.0. The molecular formula is C17H14ClN3O. The highest BCUT2D eigenvalue weighted by Gasteiger charge is 2.01. The number of carbonyl (C=O) groups is 1. The van der Waals surface area contributed by atoms with E-state index in [2.05, 4.69) is 15.5 Å². The van der Waals surface area contributed by atoms with Crippen molar-refractivity contribution in [2.75, 3.05) is 5.32 Å². The van der Waals surface area contributed by atoms with E-state index in [9.17, 15) is 4.79 Å². The molecule has 0 spiro atoms. The molecule has 4 nitrogen and oxygen atoms in total. The van der Waals surface area contributed by atoms with Crippen molar-refractivity contribution in [2.45, 2.75) is 6.92 Å². The summed E-state index contributed by atoms with van der Waals surface area (Å²) < 4.78 is 0. The highest BCUT2D eigenvalue weighted by Crippen LogP contribution is 2.18. The Bertz CT molecular complexity index is 867. The molecule has 5 heteroatoms. The highest BCUT2D eigenvalue weighted by molar-refractivity contribution is 6.31. The van der Waals surface area contributed by atoms with Crippen LogP contribution in [0.3, 0.4) is 0 Å². The van der Waals surface area contributed by atoms with E-state index < -0.39 is 0 Å². The van der Waals surface area contributed by atoms with E-state index in [1.807, 2.05) is 43.3 Å². The molecule has 0 saturated heterocycles.